The summed E-state index contributed by atoms with van der Waals surface area (Å²) in [5.74, 6) is -0.0903. The first-order valence-corrected chi connectivity index (χ1v) is 10.0. The number of ether oxygens (including phenoxy) is 1. The highest BCUT2D eigenvalue weighted by molar-refractivity contribution is 7.80. The molecule has 0 spiro atoms. The summed E-state index contributed by atoms with van der Waals surface area (Å²) in [4.78, 5) is 14.7. The number of methoxy groups -OCH3 is 1. The van der Waals surface area contributed by atoms with Crippen molar-refractivity contribution in [3.05, 3.63) is 57.6 Å². The van der Waals surface area contributed by atoms with Gasteiger partial charge in [0.25, 0.3) is 5.91 Å². The van der Waals surface area contributed by atoms with Gasteiger partial charge in [-0.15, -0.1) is 0 Å². The van der Waals surface area contributed by atoms with Crippen molar-refractivity contribution >= 4 is 52.1 Å². The third kappa shape index (κ3) is 6.07. The Morgan fingerprint density at radius 3 is 2.18 bits per heavy atom. The zero-order valence-electron chi connectivity index (χ0n) is 16.0. The van der Waals surface area contributed by atoms with Gasteiger partial charge >= 0.3 is 0 Å². The number of halogens is 2. The molecule has 0 aliphatic heterocycles. The van der Waals surface area contributed by atoms with E-state index in [-0.39, 0.29) is 20.7 Å². The monoisotopic (exact) mass is 439 g/mol. The fourth-order valence-corrected chi connectivity index (χ4v) is 3.47. The van der Waals surface area contributed by atoms with Gasteiger partial charge in [0, 0.05) is 17.8 Å². The summed E-state index contributed by atoms with van der Waals surface area (Å²) in [6.45, 7) is 7.19. The smallest absolute Gasteiger partial charge is 0.257 e. The van der Waals surface area contributed by atoms with Crippen molar-refractivity contribution in [3.63, 3.8) is 0 Å². The molecule has 0 bridgehead atoms. The van der Waals surface area contributed by atoms with Crippen molar-refractivity contribution < 1.29 is 9.53 Å². The molecule has 2 aromatic rings. The number of hydrogen-bond donors (Lipinski definition) is 2. The van der Waals surface area contributed by atoms with Gasteiger partial charge in [-0.25, -0.2) is 0 Å². The average Bonchev–Trinajstić information content (AvgIpc) is 2.67. The molecule has 0 aliphatic rings. The number of carbonyl (C=O) groups excluding carboxylic acids is 1. The number of carbonyl (C=O) groups is 1. The summed E-state index contributed by atoms with van der Waals surface area (Å²) in [5, 5.41) is 6.30. The predicted octanol–water partition coefficient (Wildman–Crippen LogP) is 4.97. The van der Waals surface area contributed by atoms with Crippen LogP contribution in [-0.4, -0.2) is 36.1 Å². The molecule has 0 heterocycles. The molecule has 0 unspecified atom stereocenters. The number of amides is 1. The van der Waals surface area contributed by atoms with Crippen molar-refractivity contribution in [1.29, 1.82) is 0 Å². The van der Waals surface area contributed by atoms with Crippen molar-refractivity contribution in [3.8, 4) is 5.75 Å². The molecule has 8 heteroatoms. The zero-order chi connectivity index (χ0) is 20.7. The minimum Gasteiger partial charge on any atom is -0.494 e. The summed E-state index contributed by atoms with van der Waals surface area (Å²) in [7, 11) is 1.46. The second-order valence-electron chi connectivity index (χ2n) is 6.04. The van der Waals surface area contributed by atoms with Crippen LogP contribution in [0, 0.1) is 0 Å². The first-order valence-electron chi connectivity index (χ1n) is 8.84. The maximum Gasteiger partial charge on any atom is 0.257 e. The SMILES string of the molecule is CCN(CC)Cc1ccc(NC(=S)NC(=O)c2cc(Cl)c(OC)c(Cl)c2)cc1. The van der Waals surface area contributed by atoms with E-state index in [1.165, 1.54) is 24.8 Å². The number of nitrogens with zero attached hydrogens (tertiary/aromatic N) is 1. The lowest BCUT2D eigenvalue weighted by molar-refractivity contribution is 0.0977. The molecular weight excluding hydrogens is 417 g/mol. The molecule has 0 atom stereocenters. The van der Waals surface area contributed by atoms with Crippen LogP contribution in [0.4, 0.5) is 5.69 Å². The Balaban J connectivity index is 1.97. The van der Waals surface area contributed by atoms with Gasteiger partial charge in [-0.1, -0.05) is 49.2 Å². The fraction of sp³-hybridized carbons (Fsp3) is 0.300. The molecule has 150 valence electrons. The average molecular weight is 440 g/mol. The fourth-order valence-electron chi connectivity index (χ4n) is 2.62. The lowest BCUT2D eigenvalue weighted by Gasteiger charge is -2.18. The topological polar surface area (TPSA) is 53.6 Å². The van der Waals surface area contributed by atoms with E-state index in [9.17, 15) is 4.79 Å². The van der Waals surface area contributed by atoms with Crippen LogP contribution in [0.2, 0.25) is 10.0 Å². The van der Waals surface area contributed by atoms with Crippen LogP contribution in [0.1, 0.15) is 29.8 Å². The van der Waals surface area contributed by atoms with E-state index in [2.05, 4.69) is 29.4 Å². The van der Waals surface area contributed by atoms with E-state index in [1.807, 2.05) is 24.3 Å². The molecule has 0 fully saturated rings. The maximum absolute atomic E-state index is 12.4. The van der Waals surface area contributed by atoms with Crippen LogP contribution in [0.5, 0.6) is 5.75 Å². The lowest BCUT2D eigenvalue weighted by Crippen LogP contribution is -2.34. The summed E-state index contributed by atoms with van der Waals surface area (Å²) in [6.07, 6.45) is 0. The van der Waals surface area contributed by atoms with Gasteiger partial charge in [0.2, 0.25) is 0 Å². The zero-order valence-corrected chi connectivity index (χ0v) is 18.3. The largest absolute Gasteiger partial charge is 0.494 e. The van der Waals surface area contributed by atoms with Gasteiger partial charge in [-0.05, 0) is 55.1 Å². The summed E-state index contributed by atoms with van der Waals surface area (Å²) in [5.41, 5.74) is 2.29. The minimum atomic E-state index is -0.415. The van der Waals surface area contributed by atoms with Crippen molar-refractivity contribution in [1.82, 2.24) is 10.2 Å². The van der Waals surface area contributed by atoms with Crippen LogP contribution in [-0.2, 0) is 6.54 Å². The number of nitrogens with one attached hydrogen (secondary N) is 2. The molecule has 0 aromatic heterocycles. The third-order valence-electron chi connectivity index (χ3n) is 4.20. The van der Waals surface area contributed by atoms with E-state index in [0.717, 1.165) is 25.3 Å². The molecule has 0 radical (unpaired) electrons. The van der Waals surface area contributed by atoms with E-state index in [4.69, 9.17) is 40.2 Å². The molecule has 2 rings (SSSR count). The van der Waals surface area contributed by atoms with Crippen LogP contribution < -0.4 is 15.4 Å². The van der Waals surface area contributed by atoms with Gasteiger partial charge in [0.1, 0.15) is 0 Å². The van der Waals surface area contributed by atoms with E-state index in [0.29, 0.717) is 5.75 Å². The Morgan fingerprint density at radius 2 is 1.68 bits per heavy atom. The van der Waals surface area contributed by atoms with Crippen molar-refractivity contribution in [2.45, 2.75) is 20.4 Å². The number of thiocarbonyl (C=S) groups is 1. The Kier molecular flexibility index (Phi) is 8.51. The van der Waals surface area contributed by atoms with Gasteiger partial charge in [0.15, 0.2) is 10.9 Å². The highest BCUT2D eigenvalue weighted by Crippen LogP contribution is 2.33. The van der Waals surface area contributed by atoms with E-state index >= 15 is 0 Å². The Morgan fingerprint density at radius 1 is 1.11 bits per heavy atom. The second-order valence-corrected chi connectivity index (χ2v) is 7.26. The van der Waals surface area contributed by atoms with Crippen LogP contribution in [0.3, 0.4) is 0 Å². The third-order valence-corrected chi connectivity index (χ3v) is 4.97. The number of rotatable bonds is 7. The molecule has 0 aliphatic carbocycles. The Hall–Kier alpha value is -1.86. The summed E-state index contributed by atoms with van der Waals surface area (Å²) in [6, 6.07) is 10.9. The van der Waals surface area contributed by atoms with Gasteiger partial charge in [-0.2, -0.15) is 0 Å². The Labute approximate surface area is 181 Å². The molecule has 2 N–H and O–H groups in total. The lowest BCUT2D eigenvalue weighted by atomic mass is 10.2. The number of hydrogen-bond acceptors (Lipinski definition) is 4. The molecular formula is C20H23Cl2N3O2S. The highest BCUT2D eigenvalue weighted by atomic mass is 35.5. The molecule has 0 saturated heterocycles. The number of benzene rings is 2. The Bertz CT molecular complexity index is 817. The molecule has 1 amide bonds. The standard InChI is InChI=1S/C20H23Cl2N3O2S/c1-4-25(5-2)12-13-6-8-15(9-7-13)23-20(28)24-19(26)14-10-16(21)18(27-3)17(22)11-14/h6-11H,4-5,12H2,1-3H3,(H2,23,24,26,28). The van der Waals surface area contributed by atoms with Crippen LogP contribution in [0.15, 0.2) is 36.4 Å². The van der Waals surface area contributed by atoms with Gasteiger partial charge < -0.3 is 10.1 Å². The predicted molar refractivity (Wildman–Crippen MR) is 120 cm³/mol. The molecule has 5 nitrogen and oxygen atoms in total. The first kappa shape index (κ1) is 22.4. The van der Waals surface area contributed by atoms with Crippen LogP contribution in [0.25, 0.3) is 0 Å². The molecule has 2 aromatic carbocycles. The van der Waals surface area contributed by atoms with E-state index in [1.54, 1.807) is 0 Å². The first-order chi connectivity index (χ1) is 13.4. The highest BCUT2D eigenvalue weighted by Gasteiger charge is 2.14. The maximum atomic E-state index is 12.4. The molecule has 28 heavy (non-hydrogen) atoms. The van der Waals surface area contributed by atoms with E-state index < -0.39 is 5.91 Å². The normalized spacial score (nSPS) is 10.6. The quantitative estimate of drug-likeness (QED) is 0.596. The summed E-state index contributed by atoms with van der Waals surface area (Å²) >= 11 is 17.4. The molecule has 0 saturated carbocycles. The van der Waals surface area contributed by atoms with Crippen molar-refractivity contribution in [2.24, 2.45) is 0 Å². The number of anilines is 1. The van der Waals surface area contributed by atoms with Crippen molar-refractivity contribution in [2.75, 3.05) is 25.5 Å². The van der Waals surface area contributed by atoms with Crippen LogP contribution >= 0.6 is 35.4 Å². The van der Waals surface area contributed by atoms with Gasteiger partial charge in [-0.3, -0.25) is 15.0 Å². The van der Waals surface area contributed by atoms with Gasteiger partial charge in [0.05, 0.1) is 17.2 Å². The second kappa shape index (κ2) is 10.6. The minimum absolute atomic E-state index is 0.185. The summed E-state index contributed by atoms with van der Waals surface area (Å²) < 4.78 is 5.08.